The first-order chi connectivity index (χ1) is 14.6. The Morgan fingerprint density at radius 1 is 1.00 bits per heavy atom. The molecule has 2 aromatic carbocycles. The van der Waals surface area contributed by atoms with E-state index in [2.05, 4.69) is 20.8 Å². The summed E-state index contributed by atoms with van der Waals surface area (Å²) in [4.78, 5) is 25.2. The maximum atomic E-state index is 12.7. The molecule has 0 aliphatic heterocycles. The van der Waals surface area contributed by atoms with E-state index in [1.807, 2.05) is 49.5 Å². The van der Waals surface area contributed by atoms with E-state index in [1.54, 1.807) is 18.3 Å². The number of carbonyl (C=O) groups excluding carboxylic acids is 2. The van der Waals surface area contributed by atoms with E-state index in [1.165, 1.54) is 12.8 Å². The highest BCUT2D eigenvalue weighted by molar-refractivity contribution is 5.96. The van der Waals surface area contributed by atoms with Crippen LogP contribution in [0.5, 0.6) is 0 Å². The van der Waals surface area contributed by atoms with Gasteiger partial charge in [0.05, 0.1) is 12.2 Å². The number of hydrogen-bond donors (Lipinski definition) is 3. The van der Waals surface area contributed by atoms with E-state index in [0.29, 0.717) is 11.1 Å². The van der Waals surface area contributed by atoms with Gasteiger partial charge in [-0.3, -0.25) is 14.7 Å². The first-order valence-electron chi connectivity index (χ1n) is 10.4. The normalized spacial score (nSPS) is 15.0. The highest BCUT2D eigenvalue weighted by Gasteiger charge is 2.19. The van der Waals surface area contributed by atoms with Crippen LogP contribution in [0.3, 0.4) is 0 Å². The molecule has 3 N–H and O–H groups in total. The van der Waals surface area contributed by atoms with Crippen molar-refractivity contribution in [2.45, 2.75) is 44.7 Å². The fourth-order valence-electron chi connectivity index (χ4n) is 3.87. The molecule has 1 aliphatic rings. The van der Waals surface area contributed by atoms with Crippen LogP contribution in [-0.2, 0) is 0 Å². The van der Waals surface area contributed by atoms with E-state index in [-0.39, 0.29) is 23.9 Å². The number of benzene rings is 2. The van der Waals surface area contributed by atoms with Crippen LogP contribution in [0.2, 0.25) is 0 Å². The molecule has 1 aliphatic carbocycles. The van der Waals surface area contributed by atoms with E-state index >= 15 is 0 Å². The lowest BCUT2D eigenvalue weighted by Crippen LogP contribution is -2.32. The number of nitrogens with one attached hydrogen (secondary N) is 3. The lowest BCUT2D eigenvalue weighted by Gasteiger charge is -2.16. The molecule has 6 heteroatoms. The number of rotatable bonds is 6. The van der Waals surface area contributed by atoms with Gasteiger partial charge in [0, 0.05) is 28.9 Å². The monoisotopic (exact) mass is 402 g/mol. The molecule has 30 heavy (non-hydrogen) atoms. The van der Waals surface area contributed by atoms with Crippen molar-refractivity contribution in [2.75, 3.05) is 0 Å². The third-order valence-electron chi connectivity index (χ3n) is 5.67. The van der Waals surface area contributed by atoms with Crippen molar-refractivity contribution in [1.29, 1.82) is 0 Å². The van der Waals surface area contributed by atoms with Crippen molar-refractivity contribution >= 4 is 11.8 Å². The summed E-state index contributed by atoms with van der Waals surface area (Å²) in [5.41, 5.74) is 4.09. The minimum absolute atomic E-state index is 0.0443. The van der Waals surface area contributed by atoms with Gasteiger partial charge >= 0.3 is 0 Å². The Bertz CT molecular complexity index is 1010. The fourth-order valence-corrected chi connectivity index (χ4v) is 3.87. The lowest BCUT2D eigenvalue weighted by atomic mass is 10.0. The minimum Gasteiger partial charge on any atom is -0.349 e. The summed E-state index contributed by atoms with van der Waals surface area (Å²) in [7, 11) is 0. The van der Waals surface area contributed by atoms with Crippen molar-refractivity contribution in [2.24, 2.45) is 0 Å². The van der Waals surface area contributed by atoms with Crippen LogP contribution in [0, 0.1) is 0 Å². The molecule has 0 bridgehead atoms. The van der Waals surface area contributed by atoms with Gasteiger partial charge in [-0.15, -0.1) is 0 Å². The molecule has 1 saturated carbocycles. The second kappa shape index (κ2) is 8.95. The first kappa shape index (κ1) is 19.9. The van der Waals surface area contributed by atoms with Gasteiger partial charge in [-0.2, -0.15) is 5.10 Å². The second-order valence-electron chi connectivity index (χ2n) is 7.84. The van der Waals surface area contributed by atoms with Crippen LogP contribution >= 0.6 is 0 Å². The molecular formula is C24H26N4O2. The zero-order valence-corrected chi connectivity index (χ0v) is 17.0. The van der Waals surface area contributed by atoms with E-state index in [9.17, 15) is 9.59 Å². The van der Waals surface area contributed by atoms with Crippen molar-refractivity contribution in [3.05, 3.63) is 77.6 Å². The quantitative estimate of drug-likeness (QED) is 0.576. The number of hydrogen-bond acceptors (Lipinski definition) is 3. The number of aromatic amines is 1. The Morgan fingerprint density at radius 2 is 1.77 bits per heavy atom. The zero-order chi connectivity index (χ0) is 20.9. The van der Waals surface area contributed by atoms with E-state index in [4.69, 9.17) is 0 Å². The number of aromatic nitrogens is 2. The molecular weight excluding hydrogens is 376 g/mol. The molecule has 1 aromatic heterocycles. The predicted molar refractivity (Wildman–Crippen MR) is 116 cm³/mol. The van der Waals surface area contributed by atoms with E-state index in [0.717, 1.165) is 29.5 Å². The maximum absolute atomic E-state index is 12.7. The molecule has 0 radical (unpaired) electrons. The lowest BCUT2D eigenvalue weighted by molar-refractivity contribution is 0.0933. The highest BCUT2D eigenvalue weighted by Crippen LogP contribution is 2.21. The van der Waals surface area contributed by atoms with Crippen molar-refractivity contribution in [3.8, 4) is 11.1 Å². The average molecular weight is 402 g/mol. The molecule has 1 fully saturated rings. The largest absolute Gasteiger partial charge is 0.349 e. The number of H-pyrrole nitrogens is 1. The maximum Gasteiger partial charge on any atom is 0.251 e. The smallest absolute Gasteiger partial charge is 0.251 e. The summed E-state index contributed by atoms with van der Waals surface area (Å²) >= 11 is 0. The number of carbonyl (C=O) groups is 2. The van der Waals surface area contributed by atoms with Crippen LogP contribution in [0.4, 0.5) is 0 Å². The van der Waals surface area contributed by atoms with Crippen molar-refractivity contribution < 1.29 is 9.59 Å². The molecule has 0 unspecified atom stereocenters. The summed E-state index contributed by atoms with van der Waals surface area (Å²) in [5, 5.41) is 12.9. The summed E-state index contributed by atoms with van der Waals surface area (Å²) in [6.07, 6.45) is 8.02. The molecule has 0 spiro atoms. The Kier molecular flexibility index (Phi) is 5.93. The Hall–Kier alpha value is -3.41. The van der Waals surface area contributed by atoms with Crippen LogP contribution in [0.25, 0.3) is 11.1 Å². The van der Waals surface area contributed by atoms with Gasteiger partial charge in [0.2, 0.25) is 0 Å². The molecule has 0 saturated heterocycles. The second-order valence-corrected chi connectivity index (χ2v) is 7.84. The van der Waals surface area contributed by atoms with Crippen molar-refractivity contribution in [1.82, 2.24) is 20.8 Å². The van der Waals surface area contributed by atoms with Gasteiger partial charge in [0.1, 0.15) is 0 Å². The third kappa shape index (κ3) is 4.59. The van der Waals surface area contributed by atoms with Gasteiger partial charge in [0.15, 0.2) is 0 Å². The Balaban J connectivity index is 1.40. The summed E-state index contributed by atoms with van der Waals surface area (Å²) in [6.45, 7) is 1.92. The van der Waals surface area contributed by atoms with Gasteiger partial charge in [0.25, 0.3) is 11.8 Å². The van der Waals surface area contributed by atoms with Crippen LogP contribution in [-0.4, -0.2) is 28.1 Å². The van der Waals surface area contributed by atoms with Gasteiger partial charge in [-0.1, -0.05) is 37.1 Å². The summed E-state index contributed by atoms with van der Waals surface area (Å²) in [6, 6.07) is 14.9. The Morgan fingerprint density at radius 3 is 2.47 bits per heavy atom. The summed E-state index contributed by atoms with van der Waals surface area (Å²) < 4.78 is 0. The summed E-state index contributed by atoms with van der Waals surface area (Å²) in [5.74, 6) is -0.195. The van der Waals surface area contributed by atoms with E-state index < -0.39 is 0 Å². The topological polar surface area (TPSA) is 86.9 Å². The standard InChI is InChI=1S/C24H26N4O2/c1-16(19-5-4-6-20(13-19)24(30)28-22-7-2-3-8-22)27-23(29)18-11-9-17(10-12-18)21-14-25-26-15-21/h4-6,9-16,22H,2-3,7-8H2,1H3,(H,25,26)(H,27,29)(H,28,30)/t16-/m1/s1. The molecule has 154 valence electrons. The molecule has 2 amide bonds. The molecule has 4 rings (SSSR count). The minimum atomic E-state index is -0.217. The molecule has 1 atom stereocenters. The SMILES string of the molecule is C[C@@H](NC(=O)c1ccc(-c2cn[nH]c2)cc1)c1cccc(C(=O)NC2CCCC2)c1. The molecule has 1 heterocycles. The average Bonchev–Trinajstić information content (AvgIpc) is 3.48. The first-order valence-corrected chi connectivity index (χ1v) is 10.4. The van der Waals surface area contributed by atoms with Gasteiger partial charge in [-0.05, 0) is 55.2 Å². The van der Waals surface area contributed by atoms with Crippen molar-refractivity contribution in [3.63, 3.8) is 0 Å². The number of amides is 2. The van der Waals surface area contributed by atoms with Crippen LogP contribution < -0.4 is 10.6 Å². The predicted octanol–water partition coefficient (Wildman–Crippen LogP) is 4.24. The third-order valence-corrected chi connectivity index (χ3v) is 5.67. The zero-order valence-electron chi connectivity index (χ0n) is 17.0. The Labute approximate surface area is 176 Å². The van der Waals surface area contributed by atoms with Gasteiger partial charge < -0.3 is 10.6 Å². The van der Waals surface area contributed by atoms with Crippen LogP contribution in [0.1, 0.15) is 64.9 Å². The number of nitrogens with zero attached hydrogens (tertiary/aromatic N) is 1. The highest BCUT2D eigenvalue weighted by atomic mass is 16.2. The van der Waals surface area contributed by atoms with Crippen LogP contribution in [0.15, 0.2) is 60.9 Å². The van der Waals surface area contributed by atoms with Gasteiger partial charge in [-0.25, -0.2) is 0 Å². The molecule has 6 nitrogen and oxygen atoms in total. The molecule has 3 aromatic rings. The fraction of sp³-hybridized carbons (Fsp3) is 0.292.